The Bertz CT molecular complexity index is 388. The van der Waals surface area contributed by atoms with Crippen LogP contribution in [0.25, 0.3) is 0 Å². The van der Waals surface area contributed by atoms with E-state index >= 15 is 0 Å². The number of likely N-dealkylation sites (tertiary alicyclic amines) is 1. The lowest BCUT2D eigenvalue weighted by Gasteiger charge is -2.26. The molecule has 19 heavy (non-hydrogen) atoms. The lowest BCUT2D eigenvalue weighted by molar-refractivity contribution is -0.122. The number of carbonyl (C=O) groups is 1. The van der Waals surface area contributed by atoms with Crippen molar-refractivity contribution in [2.45, 2.75) is 25.3 Å². The molecule has 1 aliphatic heterocycles. The first kappa shape index (κ1) is 14.0. The molecule has 0 radical (unpaired) electrons. The summed E-state index contributed by atoms with van der Waals surface area (Å²) in [4.78, 5) is 14.3. The summed E-state index contributed by atoms with van der Waals surface area (Å²) in [5.41, 5.74) is 6.79. The number of nitrogens with zero attached hydrogens (tertiary/aromatic N) is 1. The Kier molecular flexibility index (Phi) is 5.36. The van der Waals surface area contributed by atoms with Crippen molar-refractivity contribution in [3.63, 3.8) is 0 Å². The van der Waals surface area contributed by atoms with Gasteiger partial charge in [0.25, 0.3) is 0 Å². The fourth-order valence-electron chi connectivity index (χ4n) is 2.44. The normalized spacial score (nSPS) is 17.9. The molecule has 0 bridgehead atoms. The van der Waals surface area contributed by atoms with E-state index in [0.29, 0.717) is 6.54 Å². The molecule has 104 valence electrons. The second kappa shape index (κ2) is 7.26. The molecular formula is C15H23N3O. The van der Waals surface area contributed by atoms with E-state index in [1.807, 2.05) is 30.3 Å². The minimum absolute atomic E-state index is 0.0943. The molecule has 4 nitrogen and oxygen atoms in total. The summed E-state index contributed by atoms with van der Waals surface area (Å²) < 4.78 is 0. The van der Waals surface area contributed by atoms with Gasteiger partial charge in [-0.1, -0.05) is 36.8 Å². The molecule has 4 heteroatoms. The lowest BCUT2D eigenvalue weighted by atomic mass is 10.1. The molecule has 1 atom stereocenters. The molecule has 1 aliphatic rings. The van der Waals surface area contributed by atoms with Crippen molar-refractivity contribution in [1.29, 1.82) is 0 Å². The third-order valence-corrected chi connectivity index (χ3v) is 3.62. The van der Waals surface area contributed by atoms with Crippen LogP contribution >= 0.6 is 0 Å². The standard InChI is InChI=1S/C15H23N3O/c16-14(13-7-3-1-4-8-13)15(19)17-9-12-18-10-5-2-6-11-18/h1,3-4,7-8,14H,2,5-6,9-12,16H2,(H,17,19)/t14-/m1/s1. The van der Waals surface area contributed by atoms with E-state index in [-0.39, 0.29) is 5.91 Å². The second-order valence-electron chi connectivity index (χ2n) is 5.08. The van der Waals surface area contributed by atoms with Gasteiger partial charge in [-0.25, -0.2) is 0 Å². The van der Waals surface area contributed by atoms with Gasteiger partial charge >= 0.3 is 0 Å². The molecule has 1 heterocycles. The Labute approximate surface area is 115 Å². The van der Waals surface area contributed by atoms with Crippen LogP contribution in [0.4, 0.5) is 0 Å². The van der Waals surface area contributed by atoms with E-state index < -0.39 is 6.04 Å². The van der Waals surface area contributed by atoms with Crippen LogP contribution in [-0.4, -0.2) is 37.0 Å². The van der Waals surface area contributed by atoms with Gasteiger partial charge in [-0.2, -0.15) is 0 Å². The maximum Gasteiger partial charge on any atom is 0.241 e. The van der Waals surface area contributed by atoms with Crippen molar-refractivity contribution in [3.05, 3.63) is 35.9 Å². The first-order chi connectivity index (χ1) is 9.27. The van der Waals surface area contributed by atoms with Crippen LogP contribution in [0, 0.1) is 0 Å². The third kappa shape index (κ3) is 4.33. The summed E-state index contributed by atoms with van der Waals surface area (Å²) in [6, 6.07) is 8.92. The summed E-state index contributed by atoms with van der Waals surface area (Å²) in [5, 5.41) is 2.92. The predicted octanol–water partition coefficient (Wildman–Crippen LogP) is 1.29. The number of piperidine rings is 1. The fraction of sp³-hybridized carbons (Fsp3) is 0.533. The largest absolute Gasteiger partial charge is 0.353 e. The highest BCUT2D eigenvalue weighted by molar-refractivity contribution is 5.82. The summed E-state index contributed by atoms with van der Waals surface area (Å²) in [6.45, 7) is 3.91. The van der Waals surface area contributed by atoms with E-state index in [0.717, 1.165) is 25.2 Å². The zero-order chi connectivity index (χ0) is 13.5. The molecular weight excluding hydrogens is 238 g/mol. The van der Waals surface area contributed by atoms with Gasteiger partial charge in [-0.05, 0) is 31.5 Å². The minimum atomic E-state index is -0.567. The first-order valence-electron chi connectivity index (χ1n) is 7.08. The number of benzene rings is 1. The number of amides is 1. The third-order valence-electron chi connectivity index (χ3n) is 3.62. The number of hydrogen-bond donors (Lipinski definition) is 2. The molecule has 0 unspecified atom stereocenters. The highest BCUT2D eigenvalue weighted by Gasteiger charge is 2.15. The Balaban J connectivity index is 1.72. The molecule has 0 spiro atoms. The highest BCUT2D eigenvalue weighted by atomic mass is 16.2. The number of nitrogens with two attached hydrogens (primary N) is 1. The predicted molar refractivity (Wildman–Crippen MR) is 76.7 cm³/mol. The quantitative estimate of drug-likeness (QED) is 0.839. The van der Waals surface area contributed by atoms with Crippen molar-refractivity contribution >= 4 is 5.91 Å². The van der Waals surface area contributed by atoms with Crippen LogP contribution in [0.1, 0.15) is 30.9 Å². The molecule has 3 N–H and O–H groups in total. The Hall–Kier alpha value is -1.39. The molecule has 0 saturated carbocycles. The van der Waals surface area contributed by atoms with E-state index in [1.165, 1.54) is 19.3 Å². The van der Waals surface area contributed by atoms with Crippen molar-refractivity contribution in [2.24, 2.45) is 5.73 Å². The van der Waals surface area contributed by atoms with Crippen molar-refractivity contribution in [1.82, 2.24) is 10.2 Å². The molecule has 0 aliphatic carbocycles. The Morgan fingerprint density at radius 3 is 2.58 bits per heavy atom. The second-order valence-corrected chi connectivity index (χ2v) is 5.08. The van der Waals surface area contributed by atoms with Gasteiger partial charge in [-0.3, -0.25) is 4.79 Å². The number of nitrogens with one attached hydrogen (secondary N) is 1. The van der Waals surface area contributed by atoms with Crippen LogP contribution in [0.15, 0.2) is 30.3 Å². The molecule has 1 aromatic rings. The first-order valence-corrected chi connectivity index (χ1v) is 7.08. The zero-order valence-electron chi connectivity index (χ0n) is 11.3. The topological polar surface area (TPSA) is 58.4 Å². The maximum atomic E-state index is 11.9. The van der Waals surface area contributed by atoms with Crippen molar-refractivity contribution in [3.8, 4) is 0 Å². The average molecular weight is 261 g/mol. The van der Waals surface area contributed by atoms with Gasteiger partial charge in [0, 0.05) is 13.1 Å². The monoisotopic (exact) mass is 261 g/mol. The average Bonchev–Trinajstić information content (AvgIpc) is 2.48. The van der Waals surface area contributed by atoms with Crippen LogP contribution < -0.4 is 11.1 Å². The molecule has 1 saturated heterocycles. The molecule has 0 aromatic heterocycles. The Morgan fingerprint density at radius 2 is 1.89 bits per heavy atom. The van der Waals surface area contributed by atoms with Gasteiger partial charge < -0.3 is 16.0 Å². The van der Waals surface area contributed by atoms with E-state index in [2.05, 4.69) is 10.2 Å². The SMILES string of the molecule is N[C@@H](C(=O)NCCN1CCCCC1)c1ccccc1. The number of carbonyl (C=O) groups excluding carboxylic acids is 1. The summed E-state index contributed by atoms with van der Waals surface area (Å²) >= 11 is 0. The van der Waals surface area contributed by atoms with Crippen LogP contribution in [0.5, 0.6) is 0 Å². The highest BCUT2D eigenvalue weighted by Crippen LogP contribution is 2.09. The van der Waals surface area contributed by atoms with Crippen molar-refractivity contribution in [2.75, 3.05) is 26.2 Å². The van der Waals surface area contributed by atoms with Crippen LogP contribution in [0.3, 0.4) is 0 Å². The van der Waals surface area contributed by atoms with Crippen LogP contribution in [-0.2, 0) is 4.79 Å². The summed E-state index contributed by atoms with van der Waals surface area (Å²) in [5.74, 6) is -0.0943. The number of rotatable bonds is 5. The summed E-state index contributed by atoms with van der Waals surface area (Å²) in [6.07, 6.45) is 3.89. The van der Waals surface area contributed by atoms with Gasteiger partial charge in [0.2, 0.25) is 5.91 Å². The maximum absolute atomic E-state index is 11.9. The minimum Gasteiger partial charge on any atom is -0.353 e. The zero-order valence-corrected chi connectivity index (χ0v) is 11.3. The summed E-state index contributed by atoms with van der Waals surface area (Å²) in [7, 11) is 0. The van der Waals surface area contributed by atoms with Gasteiger partial charge in [0.1, 0.15) is 6.04 Å². The smallest absolute Gasteiger partial charge is 0.241 e. The Morgan fingerprint density at radius 1 is 1.21 bits per heavy atom. The van der Waals surface area contributed by atoms with E-state index in [9.17, 15) is 4.79 Å². The number of hydrogen-bond acceptors (Lipinski definition) is 3. The molecule has 1 aromatic carbocycles. The molecule has 1 amide bonds. The van der Waals surface area contributed by atoms with Gasteiger partial charge in [0.05, 0.1) is 0 Å². The van der Waals surface area contributed by atoms with Crippen molar-refractivity contribution < 1.29 is 4.79 Å². The molecule has 1 fully saturated rings. The van der Waals surface area contributed by atoms with E-state index in [4.69, 9.17) is 5.73 Å². The van der Waals surface area contributed by atoms with Crippen LogP contribution in [0.2, 0.25) is 0 Å². The fourth-order valence-corrected chi connectivity index (χ4v) is 2.44. The lowest BCUT2D eigenvalue weighted by Crippen LogP contribution is -2.40. The van der Waals surface area contributed by atoms with Gasteiger partial charge in [-0.15, -0.1) is 0 Å². The van der Waals surface area contributed by atoms with E-state index in [1.54, 1.807) is 0 Å². The van der Waals surface area contributed by atoms with Gasteiger partial charge in [0.15, 0.2) is 0 Å². The molecule has 2 rings (SSSR count).